The predicted octanol–water partition coefficient (Wildman–Crippen LogP) is 3.82. The SMILES string of the molecule is COc1ccc(C(=O)OCC(=O)Nc2ccccc2SC(F)F)c(OC)c1OC. The Morgan fingerprint density at radius 1 is 1.00 bits per heavy atom. The van der Waals surface area contributed by atoms with Gasteiger partial charge in [0, 0.05) is 4.90 Å². The number of anilines is 1. The van der Waals surface area contributed by atoms with Gasteiger partial charge in [0.1, 0.15) is 5.56 Å². The number of nitrogens with one attached hydrogen (secondary N) is 1. The van der Waals surface area contributed by atoms with Gasteiger partial charge in [-0.1, -0.05) is 23.9 Å². The summed E-state index contributed by atoms with van der Waals surface area (Å²) in [6.07, 6.45) is 0. The molecule has 0 bridgehead atoms. The Hall–Kier alpha value is -3.01. The minimum absolute atomic E-state index is 0.0339. The van der Waals surface area contributed by atoms with Crippen LogP contribution >= 0.6 is 11.8 Å². The second-order valence-corrected chi connectivity index (χ2v) is 6.41. The Morgan fingerprint density at radius 2 is 1.69 bits per heavy atom. The number of hydrogen-bond donors (Lipinski definition) is 1. The van der Waals surface area contributed by atoms with Crippen LogP contribution in [-0.2, 0) is 9.53 Å². The Balaban J connectivity index is 2.07. The standard InChI is InChI=1S/C19H19F2NO6S/c1-25-13-9-8-11(16(26-2)17(13)27-3)18(24)28-10-15(23)22-12-6-4-5-7-14(12)29-19(20)21/h4-9,19H,10H2,1-3H3,(H,22,23). The van der Waals surface area contributed by atoms with Crippen molar-refractivity contribution in [2.45, 2.75) is 10.7 Å². The molecule has 2 aromatic carbocycles. The summed E-state index contributed by atoms with van der Waals surface area (Å²) >= 11 is 0.303. The Labute approximate surface area is 170 Å². The number of carbonyl (C=O) groups is 2. The zero-order chi connectivity index (χ0) is 21.4. The molecule has 0 saturated heterocycles. The van der Waals surface area contributed by atoms with Crippen molar-refractivity contribution in [1.29, 1.82) is 0 Å². The van der Waals surface area contributed by atoms with Crippen molar-refractivity contribution < 1.29 is 37.3 Å². The van der Waals surface area contributed by atoms with E-state index < -0.39 is 24.2 Å². The molecule has 10 heteroatoms. The highest BCUT2D eigenvalue weighted by Gasteiger charge is 2.22. The molecule has 1 N–H and O–H groups in total. The third kappa shape index (κ3) is 5.74. The number of amides is 1. The maximum atomic E-state index is 12.6. The zero-order valence-corrected chi connectivity index (χ0v) is 16.7. The number of esters is 1. The van der Waals surface area contributed by atoms with E-state index in [2.05, 4.69) is 5.32 Å². The average Bonchev–Trinajstić information content (AvgIpc) is 2.71. The van der Waals surface area contributed by atoms with Gasteiger partial charge in [-0.15, -0.1) is 0 Å². The van der Waals surface area contributed by atoms with Crippen LogP contribution in [0, 0.1) is 0 Å². The third-order valence-corrected chi connectivity index (χ3v) is 4.42. The van der Waals surface area contributed by atoms with Crippen molar-refractivity contribution in [3.63, 3.8) is 0 Å². The van der Waals surface area contributed by atoms with Crippen molar-refractivity contribution in [1.82, 2.24) is 0 Å². The van der Waals surface area contributed by atoms with Crippen molar-refractivity contribution in [3.05, 3.63) is 42.0 Å². The van der Waals surface area contributed by atoms with Gasteiger partial charge in [0.25, 0.3) is 11.7 Å². The van der Waals surface area contributed by atoms with Gasteiger partial charge in [0.2, 0.25) is 5.75 Å². The molecule has 0 aliphatic carbocycles. The van der Waals surface area contributed by atoms with Crippen LogP contribution < -0.4 is 19.5 Å². The monoisotopic (exact) mass is 427 g/mol. The highest BCUT2D eigenvalue weighted by Crippen LogP contribution is 2.40. The molecule has 0 unspecified atom stereocenters. The van der Waals surface area contributed by atoms with E-state index in [-0.39, 0.29) is 27.6 Å². The van der Waals surface area contributed by atoms with Gasteiger partial charge in [0.15, 0.2) is 18.1 Å². The molecule has 0 aromatic heterocycles. The summed E-state index contributed by atoms with van der Waals surface area (Å²) < 4.78 is 45.8. The number of methoxy groups -OCH3 is 3. The van der Waals surface area contributed by atoms with Crippen LogP contribution in [-0.4, -0.2) is 45.6 Å². The van der Waals surface area contributed by atoms with Crippen LogP contribution in [0.15, 0.2) is 41.3 Å². The molecule has 0 aliphatic heterocycles. The molecule has 2 rings (SSSR count). The van der Waals surface area contributed by atoms with Crippen molar-refractivity contribution in [2.24, 2.45) is 0 Å². The molecule has 0 fully saturated rings. The van der Waals surface area contributed by atoms with E-state index >= 15 is 0 Å². The number of thioether (sulfide) groups is 1. The lowest BCUT2D eigenvalue weighted by molar-refractivity contribution is -0.119. The molecule has 0 spiro atoms. The first-order chi connectivity index (χ1) is 13.9. The normalized spacial score (nSPS) is 10.4. The molecule has 0 aliphatic rings. The van der Waals surface area contributed by atoms with E-state index in [0.29, 0.717) is 17.5 Å². The maximum absolute atomic E-state index is 12.6. The fourth-order valence-corrected chi connectivity index (χ4v) is 3.02. The van der Waals surface area contributed by atoms with Crippen LogP contribution in [0.5, 0.6) is 17.2 Å². The minimum atomic E-state index is -2.64. The van der Waals surface area contributed by atoms with Gasteiger partial charge in [-0.3, -0.25) is 4.79 Å². The van der Waals surface area contributed by atoms with Crippen LogP contribution in [0.4, 0.5) is 14.5 Å². The molecular weight excluding hydrogens is 408 g/mol. The molecule has 0 heterocycles. The first-order valence-electron chi connectivity index (χ1n) is 8.21. The van der Waals surface area contributed by atoms with Crippen LogP contribution in [0.2, 0.25) is 0 Å². The summed E-state index contributed by atoms with van der Waals surface area (Å²) in [5.74, 6) is -3.49. The van der Waals surface area contributed by atoms with Crippen molar-refractivity contribution >= 4 is 29.3 Å². The number of rotatable bonds is 9. The minimum Gasteiger partial charge on any atom is -0.493 e. The molecule has 1 amide bonds. The molecule has 2 aromatic rings. The Morgan fingerprint density at radius 3 is 2.31 bits per heavy atom. The smallest absolute Gasteiger partial charge is 0.342 e. The lowest BCUT2D eigenvalue weighted by atomic mass is 10.1. The first-order valence-corrected chi connectivity index (χ1v) is 9.09. The number of ether oxygens (including phenoxy) is 4. The first kappa shape index (κ1) is 22.3. The molecule has 156 valence electrons. The fourth-order valence-electron chi connectivity index (χ4n) is 2.43. The second-order valence-electron chi connectivity index (χ2n) is 5.38. The molecule has 29 heavy (non-hydrogen) atoms. The Bertz CT molecular complexity index is 878. The molecular formula is C19H19F2NO6S. The zero-order valence-electron chi connectivity index (χ0n) is 15.9. The highest BCUT2D eigenvalue weighted by molar-refractivity contribution is 7.99. The highest BCUT2D eigenvalue weighted by atomic mass is 32.2. The maximum Gasteiger partial charge on any atom is 0.342 e. The number of carbonyl (C=O) groups excluding carboxylic acids is 2. The van der Waals surface area contributed by atoms with E-state index in [1.54, 1.807) is 12.1 Å². The molecule has 7 nitrogen and oxygen atoms in total. The quantitative estimate of drug-likeness (QED) is 0.481. The summed E-state index contributed by atoms with van der Waals surface area (Å²) in [6.45, 7) is -0.621. The summed E-state index contributed by atoms with van der Waals surface area (Å²) in [7, 11) is 4.17. The van der Waals surface area contributed by atoms with E-state index in [0.717, 1.165) is 0 Å². The van der Waals surface area contributed by atoms with Crippen molar-refractivity contribution in [2.75, 3.05) is 33.3 Å². The van der Waals surface area contributed by atoms with Gasteiger partial charge < -0.3 is 24.3 Å². The summed E-state index contributed by atoms with van der Waals surface area (Å²) in [4.78, 5) is 24.7. The molecule has 0 radical (unpaired) electrons. The predicted molar refractivity (Wildman–Crippen MR) is 103 cm³/mol. The van der Waals surface area contributed by atoms with E-state index in [4.69, 9.17) is 18.9 Å². The number of hydrogen-bond acceptors (Lipinski definition) is 7. The second kappa shape index (κ2) is 10.5. The number of benzene rings is 2. The largest absolute Gasteiger partial charge is 0.493 e. The number of para-hydroxylation sites is 1. The topological polar surface area (TPSA) is 83.1 Å². The number of halogens is 2. The summed E-state index contributed by atoms with van der Waals surface area (Å²) in [5.41, 5.74) is 0.231. The van der Waals surface area contributed by atoms with Crippen LogP contribution in [0.25, 0.3) is 0 Å². The Kier molecular flexibility index (Phi) is 8.08. The van der Waals surface area contributed by atoms with Gasteiger partial charge in [0.05, 0.1) is 27.0 Å². The van der Waals surface area contributed by atoms with E-state index in [1.807, 2.05) is 0 Å². The summed E-state index contributed by atoms with van der Waals surface area (Å²) in [5, 5.41) is 2.45. The summed E-state index contributed by atoms with van der Waals surface area (Å²) in [6, 6.07) is 9.00. The number of alkyl halides is 2. The van der Waals surface area contributed by atoms with Crippen LogP contribution in [0.3, 0.4) is 0 Å². The van der Waals surface area contributed by atoms with Gasteiger partial charge in [-0.2, -0.15) is 8.78 Å². The van der Waals surface area contributed by atoms with Gasteiger partial charge in [-0.25, -0.2) is 4.79 Å². The molecule has 0 saturated carbocycles. The van der Waals surface area contributed by atoms with Crippen molar-refractivity contribution in [3.8, 4) is 17.2 Å². The fraction of sp³-hybridized carbons (Fsp3) is 0.263. The van der Waals surface area contributed by atoms with Crippen LogP contribution in [0.1, 0.15) is 10.4 Å². The molecule has 0 atom stereocenters. The lowest BCUT2D eigenvalue weighted by Gasteiger charge is -2.15. The van der Waals surface area contributed by atoms with E-state index in [1.165, 1.54) is 45.6 Å². The average molecular weight is 427 g/mol. The van der Waals surface area contributed by atoms with Gasteiger partial charge in [-0.05, 0) is 24.3 Å². The van der Waals surface area contributed by atoms with Gasteiger partial charge >= 0.3 is 5.97 Å². The van der Waals surface area contributed by atoms with E-state index in [9.17, 15) is 18.4 Å². The lowest BCUT2D eigenvalue weighted by Crippen LogP contribution is -2.21. The third-order valence-electron chi connectivity index (χ3n) is 3.64.